The lowest BCUT2D eigenvalue weighted by Gasteiger charge is -2.48. The molecular weight excluding hydrogens is 1210 g/mol. The summed E-state index contributed by atoms with van der Waals surface area (Å²) in [6.45, 7) is 1.53. The molecule has 4 aliphatic rings. The zero-order valence-electron chi connectivity index (χ0n) is 53.8. The van der Waals surface area contributed by atoms with Gasteiger partial charge >= 0.3 is 0 Å². The van der Waals surface area contributed by atoms with Crippen molar-refractivity contribution in [3.8, 4) is 0 Å². The lowest BCUT2D eigenvalue weighted by Crippen LogP contribution is -2.64. The standard InChI is InChI=1S/C81H84O15/c1-10-28-58(29-11-1)46-82-70-67-55-91-80-77(89-53-65-42-24-8-25-43-65)74(86-50-62-36-18-5-19-37-62)72(84-48-60-32-14-3-15-33-60)69(95-80)57-93-81-78(90-54-66-44-26-9-27-45-66)75(87-51-63-38-20-6-21-39-63)71(83-47-59-30-12-2-13-31-59)68(96-81)56-92-79(94-67)76(88-52-64-40-22-7-23-41-64)73(70)85-49-61-34-16-4-17-35-61/h1-45,67-81H,46-57H2/t67-,68-,69-,70-,71-,72-,73+,74+,75+,76-,77-,78-,79-,80-,81-/m1/s1. The summed E-state index contributed by atoms with van der Waals surface area (Å²) in [4.78, 5) is 0. The van der Waals surface area contributed by atoms with Crippen LogP contribution in [0, 0.1) is 0 Å². The average Bonchev–Trinajstić information content (AvgIpc) is 0.980. The van der Waals surface area contributed by atoms with E-state index in [-0.39, 0.29) is 79.3 Å². The van der Waals surface area contributed by atoms with Crippen LogP contribution >= 0.6 is 0 Å². The van der Waals surface area contributed by atoms with Crippen molar-refractivity contribution in [3.05, 3.63) is 323 Å². The summed E-state index contributed by atoms with van der Waals surface area (Å²) in [6.07, 6.45) is -13.9. The van der Waals surface area contributed by atoms with E-state index in [4.69, 9.17) is 71.1 Å². The Labute approximate surface area is 562 Å². The summed E-state index contributed by atoms with van der Waals surface area (Å²) in [7, 11) is 0. The molecule has 6 bridgehead atoms. The van der Waals surface area contributed by atoms with Gasteiger partial charge in [0.05, 0.1) is 79.3 Å². The molecule has 15 atom stereocenters. The van der Waals surface area contributed by atoms with Gasteiger partial charge in [-0.1, -0.05) is 273 Å². The zero-order valence-corrected chi connectivity index (χ0v) is 53.8. The monoisotopic (exact) mass is 1300 g/mol. The third kappa shape index (κ3) is 18.5. The summed E-state index contributed by atoms with van der Waals surface area (Å²) < 4.78 is 109. The number of fused-ring (bicyclic) bond motifs is 6. The van der Waals surface area contributed by atoms with Crippen molar-refractivity contribution in [2.75, 3.05) is 19.8 Å². The summed E-state index contributed by atoms with van der Waals surface area (Å²) in [5.41, 5.74) is 8.52. The SMILES string of the molecule is c1ccc(CO[C@@H]2[C@@H](OCc3ccccc3)[C@@H]3OC[C@H]4O[C@@H](OC[C@H]5O[C@@H](OC[C@@H](O3)[C@H]2OCc2ccccc2)[C@H](OCc2ccccc2)[C@@H](OCc2ccccc2)[C@@H]5OCc2ccccc2)[C@H](OCc2ccccc2)[C@@H](OCc2ccccc2)[C@@H]4OCc2ccccc2)cc1. The second-order valence-electron chi connectivity index (χ2n) is 24.5. The van der Waals surface area contributed by atoms with Crippen molar-refractivity contribution < 1.29 is 71.1 Å². The predicted molar refractivity (Wildman–Crippen MR) is 359 cm³/mol. The molecule has 4 heterocycles. The minimum Gasteiger partial charge on any atom is -0.368 e. The van der Waals surface area contributed by atoms with Crippen molar-refractivity contribution in [2.45, 2.75) is 152 Å². The average molecular weight is 1300 g/mol. The van der Waals surface area contributed by atoms with Crippen LogP contribution in [-0.2, 0) is 131 Å². The third-order valence-electron chi connectivity index (χ3n) is 17.6. The number of hydrogen-bond donors (Lipinski definition) is 0. The Balaban J connectivity index is 0.947. The second-order valence-corrected chi connectivity index (χ2v) is 24.5. The minimum absolute atomic E-state index is 0.101. The molecule has 0 amide bonds. The summed E-state index contributed by atoms with van der Waals surface area (Å²) in [5.74, 6) is 0. The third-order valence-corrected chi connectivity index (χ3v) is 17.6. The van der Waals surface area contributed by atoms with E-state index in [0.717, 1.165) is 50.1 Å². The molecule has 15 heteroatoms. The lowest BCUT2D eigenvalue weighted by atomic mass is 9.96. The Bertz CT molecular complexity index is 3060. The normalized spacial score (nSPS) is 26.8. The molecule has 0 aliphatic carbocycles. The van der Waals surface area contributed by atoms with Crippen LogP contribution in [0.3, 0.4) is 0 Å². The predicted octanol–water partition coefficient (Wildman–Crippen LogP) is 13.5. The van der Waals surface area contributed by atoms with E-state index < -0.39 is 92.1 Å². The maximum absolute atomic E-state index is 7.42. The Morgan fingerprint density at radius 1 is 0.188 bits per heavy atom. The molecular formula is C81H84O15. The van der Waals surface area contributed by atoms with Crippen LogP contribution in [0.4, 0.5) is 0 Å². The van der Waals surface area contributed by atoms with Gasteiger partial charge in [0.1, 0.15) is 73.2 Å². The molecule has 9 aromatic carbocycles. The van der Waals surface area contributed by atoms with Gasteiger partial charge in [0.15, 0.2) is 18.9 Å². The molecule has 0 aromatic heterocycles. The van der Waals surface area contributed by atoms with Gasteiger partial charge in [-0.05, 0) is 50.1 Å². The van der Waals surface area contributed by atoms with Gasteiger partial charge in [0.25, 0.3) is 0 Å². The molecule has 0 radical (unpaired) electrons. The van der Waals surface area contributed by atoms with E-state index in [1.807, 2.05) is 273 Å². The summed E-state index contributed by atoms with van der Waals surface area (Å²) in [6, 6.07) is 90.4. The highest BCUT2D eigenvalue weighted by molar-refractivity contribution is 5.21. The maximum atomic E-state index is 7.42. The van der Waals surface area contributed by atoms with Gasteiger partial charge in [0, 0.05) is 0 Å². The summed E-state index contributed by atoms with van der Waals surface area (Å²) >= 11 is 0. The number of ether oxygens (including phenoxy) is 15. The summed E-state index contributed by atoms with van der Waals surface area (Å²) in [5, 5.41) is 0. The molecule has 4 aliphatic heterocycles. The topological polar surface area (TPSA) is 138 Å². The van der Waals surface area contributed by atoms with E-state index in [1.54, 1.807) is 0 Å². The Morgan fingerprint density at radius 3 is 0.500 bits per heavy atom. The van der Waals surface area contributed by atoms with Gasteiger partial charge in [-0.15, -0.1) is 0 Å². The maximum Gasteiger partial charge on any atom is 0.187 e. The quantitative estimate of drug-likeness (QED) is 0.0482. The highest BCUT2D eigenvalue weighted by Gasteiger charge is 2.55. The van der Waals surface area contributed by atoms with Crippen LogP contribution in [0.2, 0.25) is 0 Å². The molecule has 4 saturated heterocycles. The zero-order chi connectivity index (χ0) is 64.8. The minimum atomic E-state index is -1.14. The Hall–Kier alpha value is -7.62. The van der Waals surface area contributed by atoms with Crippen molar-refractivity contribution in [2.24, 2.45) is 0 Å². The number of benzene rings is 9. The fraction of sp³-hybridized carbons (Fsp3) is 0.333. The smallest absolute Gasteiger partial charge is 0.187 e. The first-order valence-corrected chi connectivity index (χ1v) is 33.3. The lowest BCUT2D eigenvalue weighted by molar-refractivity contribution is -0.353. The largest absolute Gasteiger partial charge is 0.368 e. The Kier molecular flexibility index (Phi) is 24.5. The van der Waals surface area contributed by atoms with Gasteiger partial charge in [0.2, 0.25) is 0 Å². The van der Waals surface area contributed by atoms with Gasteiger partial charge < -0.3 is 71.1 Å². The van der Waals surface area contributed by atoms with E-state index in [0.29, 0.717) is 0 Å². The van der Waals surface area contributed by atoms with Crippen molar-refractivity contribution in [1.29, 1.82) is 0 Å². The molecule has 9 aromatic rings. The van der Waals surface area contributed by atoms with E-state index in [9.17, 15) is 0 Å². The van der Waals surface area contributed by atoms with Crippen molar-refractivity contribution in [1.82, 2.24) is 0 Å². The molecule has 498 valence electrons. The first kappa shape index (κ1) is 67.0. The first-order valence-electron chi connectivity index (χ1n) is 33.3. The van der Waals surface area contributed by atoms with E-state index in [2.05, 4.69) is 0 Å². The molecule has 15 nitrogen and oxygen atoms in total. The molecule has 13 rings (SSSR count). The number of hydrogen-bond acceptors (Lipinski definition) is 15. The van der Waals surface area contributed by atoms with E-state index >= 15 is 0 Å². The van der Waals surface area contributed by atoms with Crippen LogP contribution in [0.25, 0.3) is 0 Å². The van der Waals surface area contributed by atoms with Crippen LogP contribution in [-0.4, -0.2) is 112 Å². The van der Waals surface area contributed by atoms with Crippen LogP contribution < -0.4 is 0 Å². The van der Waals surface area contributed by atoms with Crippen LogP contribution in [0.1, 0.15) is 50.1 Å². The van der Waals surface area contributed by atoms with Gasteiger partial charge in [-0.3, -0.25) is 0 Å². The fourth-order valence-electron chi connectivity index (χ4n) is 12.6. The molecule has 0 unspecified atom stereocenters. The second kappa shape index (κ2) is 35.1. The van der Waals surface area contributed by atoms with Crippen molar-refractivity contribution in [3.63, 3.8) is 0 Å². The van der Waals surface area contributed by atoms with Gasteiger partial charge in [-0.2, -0.15) is 0 Å². The van der Waals surface area contributed by atoms with Crippen molar-refractivity contribution >= 4 is 0 Å². The van der Waals surface area contributed by atoms with Gasteiger partial charge in [-0.25, -0.2) is 0 Å². The fourth-order valence-corrected chi connectivity index (χ4v) is 12.6. The molecule has 4 fully saturated rings. The van der Waals surface area contributed by atoms with Crippen LogP contribution in [0.15, 0.2) is 273 Å². The van der Waals surface area contributed by atoms with Crippen LogP contribution in [0.5, 0.6) is 0 Å². The van der Waals surface area contributed by atoms with E-state index in [1.165, 1.54) is 0 Å². The Morgan fingerprint density at radius 2 is 0.333 bits per heavy atom. The molecule has 0 spiro atoms. The first-order chi connectivity index (χ1) is 47.6. The molecule has 0 N–H and O–H groups in total. The number of rotatable bonds is 27. The molecule has 96 heavy (non-hydrogen) atoms. The highest BCUT2D eigenvalue weighted by atomic mass is 16.8. The highest BCUT2D eigenvalue weighted by Crippen LogP contribution is 2.38. The molecule has 0 saturated carbocycles.